The number of amides is 2. The zero-order valence-electron chi connectivity index (χ0n) is 12.9. The zero-order valence-corrected chi connectivity index (χ0v) is 16.0. The summed E-state index contributed by atoms with van der Waals surface area (Å²) in [5, 5.41) is 5.13. The van der Waals surface area contributed by atoms with Gasteiger partial charge in [-0.3, -0.25) is 9.59 Å². The Kier molecular flexibility index (Phi) is 5.58. The Hall–Kier alpha value is -1.37. The number of piperidine rings is 1. The normalized spacial score (nSPS) is 14.5. The smallest absolute Gasteiger partial charge is 0.266 e. The molecule has 3 rings (SSSR count). The van der Waals surface area contributed by atoms with Crippen LogP contribution in [0.3, 0.4) is 0 Å². The van der Waals surface area contributed by atoms with Crippen molar-refractivity contribution in [3.8, 4) is 0 Å². The topological polar surface area (TPSA) is 49.4 Å². The van der Waals surface area contributed by atoms with Crippen LogP contribution in [0.2, 0.25) is 5.02 Å². The highest BCUT2D eigenvalue weighted by atomic mass is 79.9. The molecule has 1 aromatic carbocycles. The van der Waals surface area contributed by atoms with Gasteiger partial charge in [-0.05, 0) is 64.8 Å². The molecule has 1 aromatic heterocycles. The molecule has 7 heteroatoms. The number of thiophene rings is 1. The van der Waals surface area contributed by atoms with Gasteiger partial charge in [0, 0.05) is 22.6 Å². The number of hydrogen-bond acceptors (Lipinski definition) is 3. The second-order valence-corrected chi connectivity index (χ2v) is 7.80. The summed E-state index contributed by atoms with van der Waals surface area (Å²) < 4.78 is 0.732. The van der Waals surface area contributed by atoms with Crippen molar-refractivity contribution in [3.63, 3.8) is 0 Å². The van der Waals surface area contributed by atoms with E-state index in [1.807, 2.05) is 16.3 Å². The Morgan fingerprint density at radius 3 is 2.58 bits per heavy atom. The molecule has 1 aliphatic rings. The van der Waals surface area contributed by atoms with Gasteiger partial charge in [-0.25, -0.2) is 0 Å². The first-order chi connectivity index (χ1) is 11.6. The van der Waals surface area contributed by atoms with Crippen molar-refractivity contribution in [2.75, 3.05) is 18.4 Å². The third-order valence-electron chi connectivity index (χ3n) is 3.93. The predicted molar refractivity (Wildman–Crippen MR) is 101 cm³/mol. The van der Waals surface area contributed by atoms with Gasteiger partial charge in [-0.15, -0.1) is 11.3 Å². The average Bonchev–Trinajstić information content (AvgIpc) is 3.01. The van der Waals surface area contributed by atoms with Crippen LogP contribution in [0.5, 0.6) is 0 Å². The Morgan fingerprint density at radius 2 is 1.92 bits per heavy atom. The first-order valence-corrected chi connectivity index (χ1v) is 9.74. The largest absolute Gasteiger partial charge is 0.339 e. The van der Waals surface area contributed by atoms with Gasteiger partial charge < -0.3 is 10.2 Å². The number of likely N-dealkylation sites (tertiary alicyclic amines) is 1. The van der Waals surface area contributed by atoms with E-state index < -0.39 is 0 Å². The van der Waals surface area contributed by atoms with E-state index in [-0.39, 0.29) is 11.8 Å². The molecule has 0 aliphatic carbocycles. The molecule has 0 saturated carbocycles. The van der Waals surface area contributed by atoms with Gasteiger partial charge in [0.1, 0.15) is 4.88 Å². The molecular formula is C17H16BrClN2O2S. The van der Waals surface area contributed by atoms with E-state index in [4.69, 9.17) is 11.6 Å². The van der Waals surface area contributed by atoms with Gasteiger partial charge >= 0.3 is 0 Å². The van der Waals surface area contributed by atoms with Crippen molar-refractivity contribution in [1.29, 1.82) is 0 Å². The number of carbonyl (C=O) groups is 2. The van der Waals surface area contributed by atoms with E-state index in [1.165, 1.54) is 11.3 Å². The molecule has 0 spiro atoms. The van der Waals surface area contributed by atoms with Crippen molar-refractivity contribution in [3.05, 3.63) is 49.6 Å². The molecule has 126 valence electrons. The quantitative estimate of drug-likeness (QED) is 0.746. The van der Waals surface area contributed by atoms with Crippen LogP contribution in [-0.4, -0.2) is 29.8 Å². The van der Waals surface area contributed by atoms with E-state index in [0.29, 0.717) is 21.2 Å². The summed E-state index contributed by atoms with van der Waals surface area (Å²) in [5.74, 6) is -0.321. The number of nitrogens with one attached hydrogen (secondary N) is 1. The molecule has 0 atom stereocenters. The summed E-state index contributed by atoms with van der Waals surface area (Å²) in [4.78, 5) is 27.6. The second kappa shape index (κ2) is 7.68. The fourth-order valence-electron chi connectivity index (χ4n) is 2.71. The van der Waals surface area contributed by atoms with Crippen molar-refractivity contribution in [2.45, 2.75) is 19.3 Å². The maximum Gasteiger partial charge on any atom is 0.266 e. The first kappa shape index (κ1) is 17.5. The summed E-state index contributed by atoms with van der Waals surface area (Å²) >= 11 is 10.8. The minimum absolute atomic E-state index is 0.0630. The van der Waals surface area contributed by atoms with Crippen molar-refractivity contribution < 1.29 is 9.59 Å². The fraction of sp³-hybridized carbons (Fsp3) is 0.294. The summed E-state index contributed by atoms with van der Waals surface area (Å²) in [6, 6.07) is 6.79. The number of halogens is 2. The number of benzene rings is 1. The molecule has 1 fully saturated rings. The molecular weight excluding hydrogens is 412 g/mol. The van der Waals surface area contributed by atoms with Crippen LogP contribution >= 0.6 is 38.9 Å². The summed E-state index contributed by atoms with van der Waals surface area (Å²) in [6.45, 7) is 1.51. The minimum atomic E-state index is -0.258. The standard InChI is InChI=1S/C17H16BrClN2O2S/c18-13-6-9-24-15(13)16(22)20-14-10-11(19)4-5-12(14)17(23)21-7-2-1-3-8-21/h4-6,9-10H,1-3,7-8H2,(H,20,22). The van der Waals surface area contributed by atoms with Crippen LogP contribution < -0.4 is 5.32 Å². The van der Waals surface area contributed by atoms with Gasteiger partial charge in [-0.2, -0.15) is 0 Å². The van der Waals surface area contributed by atoms with E-state index in [1.54, 1.807) is 18.2 Å². The van der Waals surface area contributed by atoms with E-state index in [0.717, 1.165) is 36.8 Å². The molecule has 4 nitrogen and oxygen atoms in total. The number of anilines is 1. The monoisotopic (exact) mass is 426 g/mol. The molecule has 24 heavy (non-hydrogen) atoms. The van der Waals surface area contributed by atoms with Crippen molar-refractivity contribution in [1.82, 2.24) is 4.90 Å². The van der Waals surface area contributed by atoms with Gasteiger partial charge in [0.05, 0.1) is 11.3 Å². The molecule has 1 N–H and O–H groups in total. The zero-order chi connectivity index (χ0) is 17.1. The average molecular weight is 428 g/mol. The Morgan fingerprint density at radius 1 is 1.17 bits per heavy atom. The lowest BCUT2D eigenvalue weighted by atomic mass is 10.1. The maximum absolute atomic E-state index is 12.8. The van der Waals surface area contributed by atoms with E-state index in [2.05, 4.69) is 21.2 Å². The molecule has 1 saturated heterocycles. The van der Waals surface area contributed by atoms with Crippen molar-refractivity contribution in [2.24, 2.45) is 0 Å². The van der Waals surface area contributed by atoms with E-state index >= 15 is 0 Å². The van der Waals surface area contributed by atoms with Crippen LogP contribution in [0.4, 0.5) is 5.69 Å². The van der Waals surface area contributed by atoms with Crippen LogP contribution in [0.15, 0.2) is 34.1 Å². The molecule has 2 aromatic rings. The second-order valence-electron chi connectivity index (χ2n) is 5.59. The maximum atomic E-state index is 12.8. The lowest BCUT2D eigenvalue weighted by Gasteiger charge is -2.27. The third-order valence-corrected chi connectivity index (χ3v) is 6.00. The Labute approximate surface area is 157 Å². The Bertz CT molecular complexity index is 772. The van der Waals surface area contributed by atoms with Gasteiger partial charge in [-0.1, -0.05) is 11.6 Å². The Balaban J connectivity index is 1.87. The predicted octanol–water partition coefficient (Wildman–Crippen LogP) is 5.04. The molecule has 0 unspecified atom stereocenters. The lowest BCUT2D eigenvalue weighted by molar-refractivity contribution is 0.0725. The molecule has 1 aliphatic heterocycles. The highest BCUT2D eigenvalue weighted by Gasteiger charge is 2.22. The minimum Gasteiger partial charge on any atom is -0.339 e. The third kappa shape index (κ3) is 3.82. The molecule has 0 bridgehead atoms. The number of hydrogen-bond donors (Lipinski definition) is 1. The fourth-order valence-corrected chi connectivity index (χ4v) is 4.33. The molecule has 2 amide bonds. The van der Waals surface area contributed by atoms with Crippen LogP contribution in [0, 0.1) is 0 Å². The van der Waals surface area contributed by atoms with Gasteiger partial charge in [0.25, 0.3) is 11.8 Å². The number of nitrogens with zero attached hydrogens (tertiary/aromatic N) is 1. The van der Waals surface area contributed by atoms with Gasteiger partial charge in [0.15, 0.2) is 0 Å². The van der Waals surface area contributed by atoms with Gasteiger partial charge in [0.2, 0.25) is 0 Å². The lowest BCUT2D eigenvalue weighted by Crippen LogP contribution is -2.36. The van der Waals surface area contributed by atoms with Crippen LogP contribution in [0.1, 0.15) is 39.3 Å². The number of rotatable bonds is 3. The number of carbonyl (C=O) groups excluding carboxylic acids is 2. The highest BCUT2D eigenvalue weighted by molar-refractivity contribution is 9.10. The summed E-state index contributed by atoms with van der Waals surface area (Å²) in [5.41, 5.74) is 0.922. The summed E-state index contributed by atoms with van der Waals surface area (Å²) in [6.07, 6.45) is 3.19. The summed E-state index contributed by atoms with van der Waals surface area (Å²) in [7, 11) is 0. The van der Waals surface area contributed by atoms with Crippen LogP contribution in [0.25, 0.3) is 0 Å². The molecule has 0 radical (unpaired) electrons. The van der Waals surface area contributed by atoms with E-state index in [9.17, 15) is 9.59 Å². The highest BCUT2D eigenvalue weighted by Crippen LogP contribution is 2.27. The van der Waals surface area contributed by atoms with Crippen molar-refractivity contribution >= 4 is 56.4 Å². The molecule has 2 heterocycles. The first-order valence-electron chi connectivity index (χ1n) is 7.69. The SMILES string of the molecule is O=C(Nc1cc(Cl)ccc1C(=O)N1CCCCC1)c1sccc1Br. The van der Waals surface area contributed by atoms with Crippen LogP contribution in [-0.2, 0) is 0 Å².